The minimum atomic E-state index is -0.482. The Hall–Kier alpha value is -1.19. The smallest absolute Gasteiger partial charge is 0.262 e. The van der Waals surface area contributed by atoms with Gasteiger partial charge in [0.1, 0.15) is 0 Å². The Bertz CT molecular complexity index is 172. The molecule has 0 radical (unpaired) electrons. The van der Waals surface area contributed by atoms with Crippen LogP contribution in [0.5, 0.6) is 0 Å². The maximum Gasteiger partial charge on any atom is 0.262 e. The lowest BCUT2D eigenvalue weighted by Crippen LogP contribution is -2.20. The van der Waals surface area contributed by atoms with Crippen LogP contribution < -0.4 is 5.73 Å². The van der Waals surface area contributed by atoms with Crippen molar-refractivity contribution < 1.29 is 4.79 Å². The molecule has 0 heterocycles. The minimum absolute atomic E-state index is 0.333. The Morgan fingerprint density at radius 3 is 2.70 bits per heavy atom. The van der Waals surface area contributed by atoms with Gasteiger partial charge in [0, 0.05) is 13.3 Å². The average Bonchev–Trinajstić information content (AvgIpc) is 1.88. The second kappa shape index (κ2) is 4.67. The second-order valence-electron chi connectivity index (χ2n) is 1.73. The van der Waals surface area contributed by atoms with Gasteiger partial charge < -0.3 is 5.73 Å². The molecular weight excluding hydrogens is 130 g/mol. The number of aliphatic imine (C=N–C) groups is 2. The van der Waals surface area contributed by atoms with Gasteiger partial charge in [0.15, 0.2) is 0 Å². The van der Waals surface area contributed by atoms with Gasteiger partial charge >= 0.3 is 0 Å². The molecule has 0 aromatic heterocycles. The highest BCUT2D eigenvalue weighted by molar-refractivity contribution is 6.37. The molecule has 0 bridgehead atoms. The number of hydrogen-bond acceptors (Lipinski definition) is 3. The van der Waals surface area contributed by atoms with Crippen LogP contribution in [0.25, 0.3) is 0 Å². The molecule has 1 amide bonds. The molecule has 4 heteroatoms. The van der Waals surface area contributed by atoms with E-state index >= 15 is 0 Å². The highest BCUT2D eigenvalue weighted by Gasteiger charge is 1.94. The summed E-state index contributed by atoms with van der Waals surface area (Å²) in [6.45, 7) is 2.00. The average molecular weight is 141 g/mol. The van der Waals surface area contributed by atoms with Crippen molar-refractivity contribution in [1.29, 1.82) is 0 Å². The molecule has 4 nitrogen and oxygen atoms in total. The third-order valence-electron chi connectivity index (χ3n) is 0.949. The zero-order valence-corrected chi connectivity index (χ0v) is 6.16. The zero-order chi connectivity index (χ0) is 7.98. The molecule has 0 fully saturated rings. The van der Waals surface area contributed by atoms with E-state index in [1.54, 1.807) is 20.2 Å². The van der Waals surface area contributed by atoms with Gasteiger partial charge in [-0.25, -0.2) is 0 Å². The molecule has 0 saturated carbocycles. The minimum Gasteiger partial charge on any atom is -0.365 e. The Morgan fingerprint density at radius 2 is 2.30 bits per heavy atom. The van der Waals surface area contributed by atoms with E-state index in [0.29, 0.717) is 12.3 Å². The SMILES string of the molecule is CN=CCN=C(C)C(N)=O. The summed E-state index contributed by atoms with van der Waals surface area (Å²) in [5, 5.41) is 0. The normalized spacial score (nSPS) is 12.4. The van der Waals surface area contributed by atoms with Gasteiger partial charge in [-0.2, -0.15) is 0 Å². The lowest BCUT2D eigenvalue weighted by atomic mass is 10.4. The monoisotopic (exact) mass is 141 g/mol. The van der Waals surface area contributed by atoms with E-state index in [0.717, 1.165) is 0 Å². The van der Waals surface area contributed by atoms with Crippen molar-refractivity contribution in [2.24, 2.45) is 15.7 Å². The van der Waals surface area contributed by atoms with Crippen molar-refractivity contribution in [3.05, 3.63) is 0 Å². The number of rotatable bonds is 3. The van der Waals surface area contributed by atoms with Gasteiger partial charge in [-0.1, -0.05) is 0 Å². The number of nitrogens with two attached hydrogens (primary N) is 1. The van der Waals surface area contributed by atoms with Crippen LogP contribution in [0.15, 0.2) is 9.98 Å². The Balaban J connectivity index is 3.80. The van der Waals surface area contributed by atoms with Crippen LogP contribution in [0, 0.1) is 0 Å². The molecule has 0 rings (SSSR count). The zero-order valence-electron chi connectivity index (χ0n) is 6.16. The third-order valence-corrected chi connectivity index (χ3v) is 0.949. The van der Waals surface area contributed by atoms with E-state index in [9.17, 15) is 4.79 Å². The van der Waals surface area contributed by atoms with Gasteiger partial charge in [0.05, 0.1) is 12.3 Å². The first kappa shape index (κ1) is 8.81. The summed E-state index contributed by atoms with van der Waals surface area (Å²) in [6.07, 6.45) is 1.60. The number of carbonyl (C=O) groups is 1. The van der Waals surface area contributed by atoms with Crippen molar-refractivity contribution in [2.45, 2.75) is 6.92 Å². The highest BCUT2D eigenvalue weighted by Crippen LogP contribution is 1.74. The summed E-state index contributed by atoms with van der Waals surface area (Å²) in [7, 11) is 1.65. The van der Waals surface area contributed by atoms with Crippen LogP contribution in [-0.2, 0) is 4.79 Å². The van der Waals surface area contributed by atoms with Crippen LogP contribution in [-0.4, -0.2) is 31.4 Å². The molecule has 2 N–H and O–H groups in total. The molecule has 0 spiro atoms. The fraction of sp³-hybridized carbons (Fsp3) is 0.500. The number of hydrogen-bond donors (Lipinski definition) is 1. The van der Waals surface area contributed by atoms with Crippen LogP contribution in [0.1, 0.15) is 6.92 Å². The summed E-state index contributed by atoms with van der Waals surface area (Å²) < 4.78 is 0. The van der Waals surface area contributed by atoms with Crippen LogP contribution >= 0.6 is 0 Å². The number of nitrogens with zero attached hydrogens (tertiary/aromatic N) is 2. The number of amides is 1. The predicted molar refractivity (Wildman–Crippen MR) is 41.6 cm³/mol. The topological polar surface area (TPSA) is 67.8 Å². The van der Waals surface area contributed by atoms with Crippen LogP contribution in [0.4, 0.5) is 0 Å². The van der Waals surface area contributed by atoms with Crippen molar-refractivity contribution in [2.75, 3.05) is 13.6 Å². The highest BCUT2D eigenvalue weighted by atomic mass is 16.1. The van der Waals surface area contributed by atoms with E-state index in [2.05, 4.69) is 9.98 Å². The molecule has 0 aliphatic carbocycles. The van der Waals surface area contributed by atoms with Crippen LogP contribution in [0.2, 0.25) is 0 Å². The van der Waals surface area contributed by atoms with Gasteiger partial charge in [-0.15, -0.1) is 0 Å². The number of carbonyl (C=O) groups excluding carboxylic acids is 1. The molecule has 10 heavy (non-hydrogen) atoms. The first-order valence-corrected chi connectivity index (χ1v) is 2.90. The third kappa shape index (κ3) is 3.77. The first-order valence-electron chi connectivity index (χ1n) is 2.90. The molecule has 0 aliphatic heterocycles. The first-order chi connectivity index (χ1) is 4.68. The molecule has 0 aromatic carbocycles. The van der Waals surface area contributed by atoms with Crippen molar-refractivity contribution in [1.82, 2.24) is 0 Å². The molecule has 0 atom stereocenters. The van der Waals surface area contributed by atoms with Gasteiger partial charge in [0.25, 0.3) is 5.91 Å². The lowest BCUT2D eigenvalue weighted by Gasteiger charge is -1.89. The van der Waals surface area contributed by atoms with E-state index in [1.807, 2.05) is 0 Å². The summed E-state index contributed by atoms with van der Waals surface area (Å²) in [5.74, 6) is -0.482. The van der Waals surface area contributed by atoms with Gasteiger partial charge in [-0.05, 0) is 6.92 Å². The van der Waals surface area contributed by atoms with E-state index in [4.69, 9.17) is 5.73 Å². The quantitative estimate of drug-likeness (QED) is 0.535. The summed E-state index contributed by atoms with van der Waals surface area (Å²) in [6, 6.07) is 0. The molecule has 0 saturated heterocycles. The van der Waals surface area contributed by atoms with E-state index in [-0.39, 0.29) is 0 Å². The summed E-state index contributed by atoms with van der Waals surface area (Å²) >= 11 is 0. The second-order valence-corrected chi connectivity index (χ2v) is 1.73. The Labute approximate surface area is 59.9 Å². The lowest BCUT2D eigenvalue weighted by molar-refractivity contribution is -0.112. The van der Waals surface area contributed by atoms with Gasteiger partial charge in [0.2, 0.25) is 0 Å². The van der Waals surface area contributed by atoms with E-state index in [1.165, 1.54) is 0 Å². The molecule has 56 valence electrons. The summed E-state index contributed by atoms with van der Waals surface area (Å²) in [4.78, 5) is 17.8. The fourth-order valence-corrected chi connectivity index (χ4v) is 0.337. The van der Waals surface area contributed by atoms with Gasteiger partial charge in [-0.3, -0.25) is 14.8 Å². The summed E-state index contributed by atoms with van der Waals surface area (Å²) in [5.41, 5.74) is 5.24. The molecule has 0 aliphatic rings. The molecule has 0 aromatic rings. The Morgan fingerprint density at radius 1 is 1.70 bits per heavy atom. The van der Waals surface area contributed by atoms with Crippen molar-refractivity contribution >= 4 is 17.8 Å². The maximum atomic E-state index is 10.3. The molecular formula is C6H11N3O. The largest absolute Gasteiger partial charge is 0.365 e. The predicted octanol–water partition coefficient (Wildman–Crippen LogP) is -0.367. The Kier molecular flexibility index (Phi) is 4.11. The van der Waals surface area contributed by atoms with Crippen molar-refractivity contribution in [3.8, 4) is 0 Å². The number of primary amides is 1. The van der Waals surface area contributed by atoms with Crippen molar-refractivity contribution in [3.63, 3.8) is 0 Å². The standard InChI is InChI=1S/C6H11N3O/c1-5(6(7)10)9-4-3-8-2/h3H,4H2,1-2H3,(H2,7,10). The maximum absolute atomic E-state index is 10.3. The van der Waals surface area contributed by atoms with Crippen LogP contribution in [0.3, 0.4) is 0 Å². The molecule has 0 unspecified atom stereocenters. The van der Waals surface area contributed by atoms with E-state index < -0.39 is 5.91 Å². The fourth-order valence-electron chi connectivity index (χ4n) is 0.337.